The van der Waals surface area contributed by atoms with Crippen LogP contribution in [0.2, 0.25) is 0 Å². The number of alkyl halides is 2. The van der Waals surface area contributed by atoms with Crippen molar-refractivity contribution in [2.24, 2.45) is 0 Å². The fourth-order valence-electron chi connectivity index (χ4n) is 0.664. The van der Waals surface area contributed by atoms with E-state index in [4.69, 9.17) is 5.11 Å². The third-order valence-corrected chi connectivity index (χ3v) is 1.48. The maximum atomic E-state index is 11.6. The van der Waals surface area contributed by atoms with Crippen LogP contribution >= 0.6 is 0 Å². The molecule has 0 aromatic carbocycles. The number of rotatable bonds is 4. The molecule has 1 fully saturated rings. The molecule has 60 valence electrons. The molecule has 0 spiro atoms. The summed E-state index contributed by atoms with van der Waals surface area (Å²) >= 11 is 0. The number of hydrogen-bond acceptors (Lipinski definition) is 2. The maximum absolute atomic E-state index is 11.6. The van der Waals surface area contributed by atoms with Gasteiger partial charge in [0.05, 0.1) is 0 Å². The van der Waals surface area contributed by atoms with Crippen molar-refractivity contribution in [2.75, 3.05) is 6.54 Å². The Balaban J connectivity index is 1.99. The molecule has 0 aromatic rings. The van der Waals surface area contributed by atoms with E-state index in [9.17, 15) is 8.78 Å². The van der Waals surface area contributed by atoms with Crippen LogP contribution in [-0.2, 0) is 0 Å². The summed E-state index contributed by atoms with van der Waals surface area (Å²) in [7, 11) is 0. The molecule has 0 aliphatic heterocycles. The Morgan fingerprint density at radius 1 is 1.50 bits per heavy atom. The number of halogens is 2. The van der Waals surface area contributed by atoms with Crippen molar-refractivity contribution in [1.29, 1.82) is 0 Å². The van der Waals surface area contributed by atoms with Gasteiger partial charge in [0.15, 0.2) is 0 Å². The van der Waals surface area contributed by atoms with Crippen molar-refractivity contribution in [3.8, 4) is 0 Å². The fourth-order valence-corrected chi connectivity index (χ4v) is 0.664. The summed E-state index contributed by atoms with van der Waals surface area (Å²) in [5.41, 5.74) is 0. The lowest BCUT2D eigenvalue weighted by Gasteiger charge is -2.08. The second kappa shape index (κ2) is 3.25. The molecule has 10 heavy (non-hydrogen) atoms. The van der Waals surface area contributed by atoms with Crippen LogP contribution in [0.4, 0.5) is 8.78 Å². The smallest absolute Gasteiger partial charge is 0.265 e. The largest absolute Gasteiger partial charge is 0.386 e. The van der Waals surface area contributed by atoms with Crippen molar-refractivity contribution in [3.05, 3.63) is 0 Å². The van der Waals surface area contributed by atoms with Gasteiger partial charge in [0, 0.05) is 12.6 Å². The van der Waals surface area contributed by atoms with E-state index in [1.807, 2.05) is 0 Å². The van der Waals surface area contributed by atoms with Gasteiger partial charge in [-0.05, 0) is 12.8 Å². The van der Waals surface area contributed by atoms with E-state index in [1.165, 1.54) is 0 Å². The van der Waals surface area contributed by atoms with Crippen LogP contribution in [0.3, 0.4) is 0 Å². The highest BCUT2D eigenvalue weighted by Crippen LogP contribution is 2.18. The molecule has 2 nitrogen and oxygen atoms in total. The molecule has 1 unspecified atom stereocenters. The Morgan fingerprint density at radius 3 is 2.50 bits per heavy atom. The van der Waals surface area contributed by atoms with Gasteiger partial charge < -0.3 is 10.4 Å². The molecule has 1 saturated carbocycles. The van der Waals surface area contributed by atoms with E-state index in [1.54, 1.807) is 0 Å². The molecule has 0 radical (unpaired) electrons. The third-order valence-electron chi connectivity index (χ3n) is 1.48. The van der Waals surface area contributed by atoms with Gasteiger partial charge in [-0.2, -0.15) is 0 Å². The number of nitrogens with one attached hydrogen (secondary N) is 1. The number of aliphatic hydroxyl groups excluding tert-OH is 1. The van der Waals surface area contributed by atoms with Crippen LogP contribution in [0.25, 0.3) is 0 Å². The van der Waals surface area contributed by atoms with Crippen molar-refractivity contribution in [3.63, 3.8) is 0 Å². The Bertz CT molecular complexity index is 106. The highest BCUT2D eigenvalue weighted by Gasteiger charge is 2.23. The summed E-state index contributed by atoms with van der Waals surface area (Å²) in [6.07, 6.45) is -2.02. The van der Waals surface area contributed by atoms with E-state index < -0.39 is 12.5 Å². The Kier molecular flexibility index (Phi) is 2.56. The molecule has 0 saturated heterocycles. The minimum atomic E-state index is -2.62. The van der Waals surface area contributed by atoms with E-state index in [-0.39, 0.29) is 6.54 Å². The SMILES string of the molecule is OC(CNC1CC1)C(F)F. The van der Waals surface area contributed by atoms with Crippen LogP contribution in [-0.4, -0.2) is 30.2 Å². The average molecular weight is 151 g/mol. The topological polar surface area (TPSA) is 32.3 Å². The zero-order chi connectivity index (χ0) is 7.56. The Hall–Kier alpha value is -0.220. The summed E-state index contributed by atoms with van der Waals surface area (Å²) in [5.74, 6) is 0. The molecular weight excluding hydrogens is 140 g/mol. The molecule has 0 aromatic heterocycles. The summed E-state index contributed by atoms with van der Waals surface area (Å²) in [6.45, 7) is 0.0162. The minimum Gasteiger partial charge on any atom is -0.386 e. The molecule has 0 amide bonds. The van der Waals surface area contributed by atoms with Crippen LogP contribution < -0.4 is 5.32 Å². The highest BCUT2D eigenvalue weighted by atomic mass is 19.3. The highest BCUT2D eigenvalue weighted by molar-refractivity contribution is 4.81. The molecule has 1 rings (SSSR count). The molecule has 0 bridgehead atoms. The number of hydrogen-bond donors (Lipinski definition) is 2. The van der Waals surface area contributed by atoms with E-state index in [0.29, 0.717) is 6.04 Å². The van der Waals surface area contributed by atoms with Crippen molar-refractivity contribution >= 4 is 0 Å². The zero-order valence-corrected chi connectivity index (χ0v) is 5.56. The first-order valence-electron chi connectivity index (χ1n) is 3.39. The van der Waals surface area contributed by atoms with Gasteiger partial charge in [0.1, 0.15) is 6.10 Å². The van der Waals surface area contributed by atoms with Crippen LogP contribution in [0.15, 0.2) is 0 Å². The predicted octanol–water partition coefficient (Wildman–Crippen LogP) is 0.364. The lowest BCUT2D eigenvalue weighted by atomic mass is 10.3. The second-order valence-corrected chi connectivity index (χ2v) is 2.58. The first-order chi connectivity index (χ1) is 4.70. The predicted molar refractivity (Wildman–Crippen MR) is 33.0 cm³/mol. The minimum absolute atomic E-state index is 0.0162. The van der Waals surface area contributed by atoms with Crippen molar-refractivity contribution < 1.29 is 13.9 Å². The Morgan fingerprint density at radius 2 is 2.10 bits per heavy atom. The van der Waals surface area contributed by atoms with Gasteiger partial charge in [0.25, 0.3) is 6.43 Å². The molecular formula is C6H11F2NO. The quantitative estimate of drug-likeness (QED) is 0.608. The zero-order valence-electron chi connectivity index (χ0n) is 5.56. The lowest BCUT2D eigenvalue weighted by Crippen LogP contribution is -2.33. The van der Waals surface area contributed by atoms with Crippen molar-refractivity contribution in [2.45, 2.75) is 31.4 Å². The van der Waals surface area contributed by atoms with E-state index in [2.05, 4.69) is 5.32 Å². The summed E-state index contributed by atoms with van der Waals surface area (Å²) < 4.78 is 23.2. The normalized spacial score (nSPS) is 21.6. The van der Waals surface area contributed by atoms with E-state index >= 15 is 0 Å². The van der Waals surface area contributed by atoms with Gasteiger partial charge in [-0.15, -0.1) is 0 Å². The molecule has 2 N–H and O–H groups in total. The maximum Gasteiger partial charge on any atom is 0.265 e. The molecule has 4 heteroatoms. The van der Waals surface area contributed by atoms with E-state index in [0.717, 1.165) is 12.8 Å². The molecule has 0 heterocycles. The second-order valence-electron chi connectivity index (χ2n) is 2.58. The molecule has 1 atom stereocenters. The summed E-state index contributed by atoms with van der Waals surface area (Å²) in [6, 6.07) is 0.383. The first kappa shape index (κ1) is 7.88. The standard InChI is InChI=1S/C6H11F2NO/c7-6(8)5(10)3-9-4-1-2-4/h4-6,9-10H,1-3H2. The van der Waals surface area contributed by atoms with Gasteiger partial charge in [-0.25, -0.2) is 8.78 Å². The van der Waals surface area contributed by atoms with Crippen LogP contribution in [0, 0.1) is 0 Å². The molecule has 1 aliphatic carbocycles. The van der Waals surface area contributed by atoms with Gasteiger partial charge in [0.2, 0.25) is 0 Å². The molecule has 1 aliphatic rings. The van der Waals surface area contributed by atoms with Gasteiger partial charge in [-0.3, -0.25) is 0 Å². The first-order valence-corrected chi connectivity index (χ1v) is 3.39. The summed E-state index contributed by atoms with van der Waals surface area (Å²) in [4.78, 5) is 0. The third kappa shape index (κ3) is 2.58. The average Bonchev–Trinajstić information content (AvgIpc) is 2.64. The number of aliphatic hydroxyl groups is 1. The summed E-state index contributed by atoms with van der Waals surface area (Å²) in [5, 5.41) is 11.4. The Labute approximate surface area is 58.2 Å². The van der Waals surface area contributed by atoms with Gasteiger partial charge in [-0.1, -0.05) is 0 Å². The lowest BCUT2D eigenvalue weighted by molar-refractivity contribution is -0.00340. The monoisotopic (exact) mass is 151 g/mol. The van der Waals surface area contributed by atoms with Gasteiger partial charge >= 0.3 is 0 Å². The fraction of sp³-hybridized carbons (Fsp3) is 1.00. The van der Waals surface area contributed by atoms with Crippen LogP contribution in [0.5, 0.6) is 0 Å². The van der Waals surface area contributed by atoms with Crippen LogP contribution in [0.1, 0.15) is 12.8 Å². The van der Waals surface area contributed by atoms with Crippen molar-refractivity contribution in [1.82, 2.24) is 5.32 Å².